The Morgan fingerprint density at radius 3 is 2.22 bits per heavy atom. The van der Waals surface area contributed by atoms with Gasteiger partial charge >= 0.3 is 0 Å². The van der Waals surface area contributed by atoms with Gasteiger partial charge in [0, 0.05) is 23.1 Å². The van der Waals surface area contributed by atoms with E-state index in [9.17, 15) is 18.0 Å². The monoisotopic (exact) mass is 617 g/mol. The number of para-hydroxylation sites is 1. The average Bonchev–Trinajstić information content (AvgIpc) is 2.97. The van der Waals surface area contributed by atoms with E-state index in [1.807, 2.05) is 32.9 Å². The predicted octanol–water partition coefficient (Wildman–Crippen LogP) is 6.47. The standard InChI is InChI=1S/C31H37Cl2N3O4S/c1-4-7-19-34-31(38)28(6-3)35(21-24-17-18-25(32)20-27(24)33)30(37)22-36(29-16-12-11-13-23(29)5-2)41(39,40)26-14-9-8-10-15-26/h8-18,20,28H,4-7,19,21-22H2,1-3H3,(H,34,38)/t28-/m1/s1. The number of amides is 2. The topological polar surface area (TPSA) is 86.8 Å². The van der Waals surface area contributed by atoms with Crippen LogP contribution in [0.4, 0.5) is 5.69 Å². The van der Waals surface area contributed by atoms with E-state index in [-0.39, 0.29) is 17.3 Å². The zero-order valence-corrected chi connectivity index (χ0v) is 26.0. The maximum atomic E-state index is 14.2. The van der Waals surface area contributed by atoms with Crippen molar-refractivity contribution in [2.75, 3.05) is 17.4 Å². The molecular weight excluding hydrogens is 581 g/mol. The van der Waals surface area contributed by atoms with Crippen LogP contribution in [-0.2, 0) is 32.6 Å². The molecule has 1 atom stereocenters. The van der Waals surface area contributed by atoms with Gasteiger partial charge in [-0.25, -0.2) is 8.42 Å². The van der Waals surface area contributed by atoms with Crippen LogP contribution in [0.5, 0.6) is 0 Å². The molecule has 0 aliphatic rings. The molecule has 0 aromatic heterocycles. The molecule has 10 heteroatoms. The molecule has 0 saturated heterocycles. The van der Waals surface area contributed by atoms with Gasteiger partial charge in [0.05, 0.1) is 10.6 Å². The van der Waals surface area contributed by atoms with Crippen molar-refractivity contribution in [2.45, 2.75) is 63.9 Å². The Hall–Kier alpha value is -3.07. The smallest absolute Gasteiger partial charge is 0.264 e. The van der Waals surface area contributed by atoms with E-state index in [0.29, 0.717) is 40.7 Å². The summed E-state index contributed by atoms with van der Waals surface area (Å²) in [5, 5.41) is 3.71. The second-order valence-electron chi connectivity index (χ2n) is 9.63. The highest BCUT2D eigenvalue weighted by Crippen LogP contribution is 2.29. The molecular formula is C31H37Cl2N3O4S. The summed E-state index contributed by atoms with van der Waals surface area (Å²) in [6, 6.07) is 19.2. The van der Waals surface area contributed by atoms with E-state index < -0.39 is 28.5 Å². The zero-order valence-electron chi connectivity index (χ0n) is 23.6. The van der Waals surface area contributed by atoms with Crippen molar-refractivity contribution >= 4 is 50.7 Å². The third-order valence-corrected chi connectivity index (χ3v) is 9.18. The quantitative estimate of drug-likeness (QED) is 0.210. The number of aryl methyl sites for hydroxylation is 1. The fraction of sp³-hybridized carbons (Fsp3) is 0.355. The number of nitrogens with zero attached hydrogens (tertiary/aromatic N) is 2. The molecule has 7 nitrogen and oxygen atoms in total. The van der Waals surface area contributed by atoms with E-state index >= 15 is 0 Å². The average molecular weight is 619 g/mol. The lowest BCUT2D eigenvalue weighted by Crippen LogP contribution is -2.52. The first-order valence-corrected chi connectivity index (χ1v) is 16.0. The number of hydrogen-bond acceptors (Lipinski definition) is 4. The molecule has 41 heavy (non-hydrogen) atoms. The van der Waals surface area contributed by atoms with Crippen LogP contribution in [0.2, 0.25) is 10.0 Å². The zero-order chi connectivity index (χ0) is 30.0. The van der Waals surface area contributed by atoms with Gasteiger partial charge in [-0.2, -0.15) is 0 Å². The Morgan fingerprint density at radius 1 is 0.902 bits per heavy atom. The minimum atomic E-state index is -4.13. The normalized spacial score (nSPS) is 12.0. The molecule has 0 saturated carbocycles. The highest BCUT2D eigenvalue weighted by atomic mass is 35.5. The number of unbranched alkanes of at least 4 members (excludes halogenated alkanes) is 1. The van der Waals surface area contributed by atoms with Gasteiger partial charge in [0.15, 0.2) is 0 Å². The molecule has 0 bridgehead atoms. The Bertz CT molecular complexity index is 1430. The maximum Gasteiger partial charge on any atom is 0.264 e. The van der Waals surface area contributed by atoms with Gasteiger partial charge in [0.1, 0.15) is 12.6 Å². The number of nitrogens with one attached hydrogen (secondary N) is 1. The summed E-state index contributed by atoms with van der Waals surface area (Å²) in [6.07, 6.45) is 2.60. The first-order valence-electron chi connectivity index (χ1n) is 13.8. The molecule has 0 heterocycles. The first kappa shape index (κ1) is 32.4. The molecule has 3 rings (SSSR count). The van der Waals surface area contributed by atoms with Crippen molar-refractivity contribution in [3.63, 3.8) is 0 Å². The summed E-state index contributed by atoms with van der Waals surface area (Å²) in [7, 11) is -4.13. The molecule has 3 aromatic rings. The number of sulfonamides is 1. The van der Waals surface area contributed by atoms with E-state index in [1.165, 1.54) is 17.0 Å². The molecule has 1 N–H and O–H groups in total. The van der Waals surface area contributed by atoms with Gasteiger partial charge in [0.25, 0.3) is 10.0 Å². The molecule has 0 fully saturated rings. The molecule has 0 radical (unpaired) electrons. The minimum Gasteiger partial charge on any atom is -0.354 e. The SMILES string of the molecule is CCCCNC(=O)[C@@H](CC)N(Cc1ccc(Cl)cc1Cl)C(=O)CN(c1ccccc1CC)S(=O)(=O)c1ccccc1. The summed E-state index contributed by atoms with van der Waals surface area (Å²) in [5.41, 5.74) is 1.78. The van der Waals surface area contributed by atoms with Crippen molar-refractivity contribution in [2.24, 2.45) is 0 Å². The third-order valence-electron chi connectivity index (χ3n) is 6.82. The van der Waals surface area contributed by atoms with Gasteiger partial charge in [-0.3, -0.25) is 13.9 Å². The van der Waals surface area contributed by atoms with Crippen LogP contribution in [0.25, 0.3) is 0 Å². The van der Waals surface area contributed by atoms with Crippen molar-refractivity contribution in [3.05, 3.63) is 94.0 Å². The van der Waals surface area contributed by atoms with Gasteiger partial charge < -0.3 is 10.2 Å². The number of carbonyl (C=O) groups is 2. The van der Waals surface area contributed by atoms with Gasteiger partial charge in [-0.05, 0) is 60.7 Å². The lowest BCUT2D eigenvalue weighted by Gasteiger charge is -2.34. The molecule has 220 valence electrons. The first-order chi connectivity index (χ1) is 19.6. The number of halogens is 2. The predicted molar refractivity (Wildman–Crippen MR) is 166 cm³/mol. The highest BCUT2D eigenvalue weighted by molar-refractivity contribution is 7.92. The number of carbonyl (C=O) groups excluding carboxylic acids is 2. The van der Waals surface area contributed by atoms with Crippen LogP contribution in [0, 0.1) is 0 Å². The van der Waals surface area contributed by atoms with Crippen LogP contribution in [0.1, 0.15) is 51.2 Å². The highest BCUT2D eigenvalue weighted by Gasteiger charge is 2.34. The second kappa shape index (κ2) is 15.2. The fourth-order valence-corrected chi connectivity index (χ4v) is 6.49. The van der Waals surface area contributed by atoms with Crippen molar-refractivity contribution in [1.29, 1.82) is 0 Å². The van der Waals surface area contributed by atoms with Crippen LogP contribution in [0.15, 0.2) is 77.7 Å². The summed E-state index contributed by atoms with van der Waals surface area (Å²) < 4.78 is 29.1. The van der Waals surface area contributed by atoms with Gasteiger partial charge in [-0.15, -0.1) is 0 Å². The number of hydrogen-bond donors (Lipinski definition) is 1. The lowest BCUT2D eigenvalue weighted by atomic mass is 10.1. The van der Waals surface area contributed by atoms with E-state index in [2.05, 4.69) is 5.32 Å². The number of benzene rings is 3. The van der Waals surface area contributed by atoms with E-state index in [4.69, 9.17) is 23.2 Å². The molecule has 3 aromatic carbocycles. The Morgan fingerprint density at radius 2 is 1.59 bits per heavy atom. The Kier molecular flexibility index (Phi) is 12.1. The van der Waals surface area contributed by atoms with E-state index in [0.717, 1.165) is 22.7 Å². The molecule has 0 spiro atoms. The largest absolute Gasteiger partial charge is 0.354 e. The van der Waals surface area contributed by atoms with E-state index in [1.54, 1.807) is 48.5 Å². The Labute approximate surface area is 253 Å². The molecule has 0 aliphatic carbocycles. The summed E-state index contributed by atoms with van der Waals surface area (Å²) >= 11 is 12.6. The van der Waals surface area contributed by atoms with Crippen LogP contribution < -0.4 is 9.62 Å². The second-order valence-corrected chi connectivity index (χ2v) is 12.3. The maximum absolute atomic E-state index is 14.2. The Balaban J connectivity index is 2.08. The summed E-state index contributed by atoms with van der Waals surface area (Å²) in [4.78, 5) is 29.0. The van der Waals surface area contributed by atoms with Crippen molar-refractivity contribution in [3.8, 4) is 0 Å². The van der Waals surface area contributed by atoms with Crippen LogP contribution in [0.3, 0.4) is 0 Å². The van der Waals surface area contributed by atoms with Gasteiger partial charge in [0.2, 0.25) is 11.8 Å². The third kappa shape index (κ3) is 8.24. The van der Waals surface area contributed by atoms with Crippen molar-refractivity contribution in [1.82, 2.24) is 10.2 Å². The molecule has 2 amide bonds. The van der Waals surface area contributed by atoms with Crippen LogP contribution >= 0.6 is 23.2 Å². The van der Waals surface area contributed by atoms with Crippen LogP contribution in [-0.4, -0.2) is 44.3 Å². The molecule has 0 unspecified atom stereocenters. The minimum absolute atomic E-state index is 0.00316. The summed E-state index contributed by atoms with van der Waals surface area (Å²) in [5.74, 6) is -0.829. The number of rotatable bonds is 14. The number of anilines is 1. The lowest BCUT2D eigenvalue weighted by molar-refractivity contribution is -0.140. The molecule has 0 aliphatic heterocycles. The fourth-order valence-electron chi connectivity index (χ4n) is 4.55. The summed E-state index contributed by atoms with van der Waals surface area (Å²) in [6.45, 7) is 5.75. The van der Waals surface area contributed by atoms with Crippen molar-refractivity contribution < 1.29 is 18.0 Å². The van der Waals surface area contributed by atoms with Gasteiger partial charge in [-0.1, -0.05) is 92.9 Å².